The predicted molar refractivity (Wildman–Crippen MR) is 114 cm³/mol. The molecular weight excluding hydrogens is 404 g/mol. The quantitative estimate of drug-likeness (QED) is 0.452. The molecule has 8 heteroatoms. The van der Waals surface area contributed by atoms with E-state index in [4.69, 9.17) is 0 Å². The fourth-order valence-corrected chi connectivity index (χ4v) is 5.22. The van der Waals surface area contributed by atoms with E-state index in [9.17, 15) is 9.59 Å². The van der Waals surface area contributed by atoms with E-state index in [2.05, 4.69) is 31.5 Å². The van der Waals surface area contributed by atoms with E-state index in [1.807, 2.05) is 25.1 Å². The minimum Gasteiger partial charge on any atom is -0.325 e. The smallest absolute Gasteiger partial charge is 0.231 e. The van der Waals surface area contributed by atoms with Gasteiger partial charge < -0.3 is 9.88 Å². The first-order valence-corrected chi connectivity index (χ1v) is 11.5. The van der Waals surface area contributed by atoms with Crippen LogP contribution in [-0.2, 0) is 11.2 Å². The first-order chi connectivity index (χ1) is 14.1. The van der Waals surface area contributed by atoms with Gasteiger partial charge in [0.25, 0.3) is 0 Å². The van der Waals surface area contributed by atoms with Gasteiger partial charge in [0.05, 0.1) is 11.7 Å². The molecule has 0 saturated heterocycles. The molecule has 0 bridgehead atoms. The van der Waals surface area contributed by atoms with E-state index >= 15 is 0 Å². The van der Waals surface area contributed by atoms with Gasteiger partial charge in [0, 0.05) is 28.6 Å². The van der Waals surface area contributed by atoms with Crippen molar-refractivity contribution in [2.45, 2.75) is 43.3 Å². The van der Waals surface area contributed by atoms with E-state index < -0.39 is 0 Å². The number of aromatic nitrogens is 3. The van der Waals surface area contributed by atoms with Gasteiger partial charge in [0.1, 0.15) is 5.82 Å². The molecule has 29 heavy (non-hydrogen) atoms. The van der Waals surface area contributed by atoms with E-state index in [1.54, 1.807) is 17.4 Å². The Labute approximate surface area is 176 Å². The molecule has 1 aliphatic carbocycles. The minimum atomic E-state index is -0.219. The molecule has 1 saturated carbocycles. The van der Waals surface area contributed by atoms with Crippen molar-refractivity contribution >= 4 is 40.5 Å². The normalized spacial score (nSPS) is 18.0. The number of carbonyl (C=O) groups is 2. The van der Waals surface area contributed by atoms with Gasteiger partial charge in [-0.2, -0.15) is 0 Å². The Morgan fingerprint density at radius 3 is 2.93 bits per heavy atom. The summed E-state index contributed by atoms with van der Waals surface area (Å²) in [5.74, 6) is 1.08. The van der Waals surface area contributed by atoms with Crippen molar-refractivity contribution in [3.63, 3.8) is 0 Å². The molecule has 1 N–H and O–H groups in total. The molecule has 5 rings (SSSR count). The molecule has 1 aromatic carbocycles. The lowest BCUT2D eigenvalue weighted by Crippen LogP contribution is -2.08. The molecule has 2 aliphatic rings. The molecule has 1 atom stereocenters. The molecule has 2 aromatic heterocycles. The average molecular weight is 425 g/mol. The summed E-state index contributed by atoms with van der Waals surface area (Å²) < 4.78 is 2.21. The predicted octanol–water partition coefficient (Wildman–Crippen LogP) is 4.30. The Morgan fingerprint density at radius 2 is 2.17 bits per heavy atom. The lowest BCUT2D eigenvalue weighted by Gasteiger charge is -2.08. The number of rotatable bonds is 7. The largest absolute Gasteiger partial charge is 0.325 e. The van der Waals surface area contributed by atoms with Crippen LogP contribution in [0.3, 0.4) is 0 Å². The van der Waals surface area contributed by atoms with Crippen LogP contribution in [0, 0.1) is 0 Å². The van der Waals surface area contributed by atoms with Crippen LogP contribution >= 0.6 is 23.1 Å². The Kier molecular flexibility index (Phi) is 4.75. The van der Waals surface area contributed by atoms with Crippen molar-refractivity contribution in [3.05, 3.63) is 57.5 Å². The molecular formula is C21H20N4O2S2. The zero-order valence-corrected chi connectivity index (χ0v) is 17.6. The van der Waals surface area contributed by atoms with Crippen LogP contribution in [0.15, 0.2) is 40.9 Å². The van der Waals surface area contributed by atoms with Crippen molar-refractivity contribution in [3.8, 4) is 0 Å². The van der Waals surface area contributed by atoms with E-state index in [-0.39, 0.29) is 17.6 Å². The lowest BCUT2D eigenvalue weighted by atomic mass is 9.99. The number of hydrogen-bond donors (Lipinski definition) is 1. The molecule has 3 heterocycles. The van der Waals surface area contributed by atoms with Crippen LogP contribution in [-0.4, -0.2) is 32.2 Å². The summed E-state index contributed by atoms with van der Waals surface area (Å²) in [5, 5.41) is 14.5. The number of carbonyl (C=O) groups excluding carboxylic acids is 2. The van der Waals surface area contributed by atoms with E-state index in [0.29, 0.717) is 17.4 Å². The van der Waals surface area contributed by atoms with Gasteiger partial charge in [-0.05, 0) is 55.0 Å². The summed E-state index contributed by atoms with van der Waals surface area (Å²) in [4.78, 5) is 25.9. The Morgan fingerprint density at radius 1 is 1.31 bits per heavy atom. The molecule has 1 fully saturated rings. The number of thioether (sulfide) groups is 1. The summed E-state index contributed by atoms with van der Waals surface area (Å²) >= 11 is 3.17. The maximum Gasteiger partial charge on any atom is 0.231 e. The molecule has 0 spiro atoms. The SMILES string of the molecule is CC1C(=O)Nc2ccc(C(=O)CSc3nnc(Cc4cccs4)n3C3CC3)cc21. The van der Waals surface area contributed by atoms with Crippen molar-refractivity contribution in [1.82, 2.24) is 14.8 Å². The number of amides is 1. The second-order valence-electron chi connectivity index (χ2n) is 7.48. The Bertz CT molecular complexity index is 1090. The van der Waals surface area contributed by atoms with Crippen LogP contribution in [0.5, 0.6) is 0 Å². The highest BCUT2D eigenvalue weighted by Crippen LogP contribution is 2.39. The molecule has 1 amide bonds. The fraction of sp³-hybridized carbons (Fsp3) is 0.333. The summed E-state index contributed by atoms with van der Waals surface area (Å²) in [6, 6.07) is 10.1. The minimum absolute atomic E-state index is 0.0187. The zero-order valence-electron chi connectivity index (χ0n) is 15.9. The highest BCUT2D eigenvalue weighted by atomic mass is 32.2. The summed E-state index contributed by atoms with van der Waals surface area (Å²) in [6.07, 6.45) is 3.06. The second kappa shape index (κ2) is 7.42. The molecule has 1 aliphatic heterocycles. The van der Waals surface area contributed by atoms with Gasteiger partial charge in [0.2, 0.25) is 5.91 Å². The van der Waals surface area contributed by atoms with Crippen molar-refractivity contribution in [2.24, 2.45) is 0 Å². The summed E-state index contributed by atoms with van der Waals surface area (Å²) in [5.41, 5.74) is 2.33. The highest BCUT2D eigenvalue weighted by molar-refractivity contribution is 7.99. The third-order valence-corrected chi connectivity index (χ3v) is 7.20. The second-order valence-corrected chi connectivity index (χ2v) is 9.46. The highest BCUT2D eigenvalue weighted by Gasteiger charge is 2.30. The molecule has 148 valence electrons. The first-order valence-electron chi connectivity index (χ1n) is 9.67. The summed E-state index contributed by atoms with van der Waals surface area (Å²) in [6.45, 7) is 1.86. The maximum absolute atomic E-state index is 12.8. The van der Waals surface area contributed by atoms with Crippen molar-refractivity contribution < 1.29 is 9.59 Å². The summed E-state index contributed by atoms with van der Waals surface area (Å²) in [7, 11) is 0. The van der Waals surface area contributed by atoms with Gasteiger partial charge in [-0.15, -0.1) is 21.5 Å². The number of thiophene rings is 1. The Hall–Kier alpha value is -2.45. The number of Topliss-reactive ketones (excluding diaryl/α,β-unsaturated/α-hetero) is 1. The van der Waals surface area contributed by atoms with Crippen LogP contribution in [0.4, 0.5) is 5.69 Å². The van der Waals surface area contributed by atoms with Crippen LogP contribution in [0.1, 0.15) is 58.3 Å². The van der Waals surface area contributed by atoms with Crippen LogP contribution < -0.4 is 5.32 Å². The number of nitrogens with one attached hydrogen (secondary N) is 1. The van der Waals surface area contributed by atoms with Gasteiger partial charge in [-0.25, -0.2) is 0 Å². The number of benzene rings is 1. The fourth-order valence-electron chi connectivity index (χ4n) is 3.60. The van der Waals surface area contributed by atoms with Crippen molar-refractivity contribution in [1.29, 1.82) is 0 Å². The average Bonchev–Trinajstić information content (AvgIpc) is 3.15. The zero-order chi connectivity index (χ0) is 20.0. The number of hydrogen-bond acceptors (Lipinski definition) is 6. The molecule has 6 nitrogen and oxygen atoms in total. The Balaban J connectivity index is 1.31. The van der Waals surface area contributed by atoms with E-state index in [1.165, 1.54) is 16.6 Å². The number of nitrogens with zero attached hydrogens (tertiary/aromatic N) is 3. The van der Waals surface area contributed by atoms with Gasteiger partial charge >= 0.3 is 0 Å². The van der Waals surface area contributed by atoms with Crippen LogP contribution in [0.2, 0.25) is 0 Å². The number of fused-ring (bicyclic) bond motifs is 1. The molecule has 0 radical (unpaired) electrons. The lowest BCUT2D eigenvalue weighted by molar-refractivity contribution is -0.116. The van der Waals surface area contributed by atoms with E-state index in [0.717, 1.165) is 41.5 Å². The maximum atomic E-state index is 12.8. The third kappa shape index (κ3) is 3.62. The number of ketones is 1. The monoisotopic (exact) mass is 424 g/mol. The standard InChI is InChI=1S/C21H20N4O2S2/c1-12-16-9-13(4-7-17(16)22-20(12)27)18(26)11-29-21-24-23-19(25(21)14-5-6-14)10-15-3-2-8-28-15/h2-4,7-9,12,14H,5-6,10-11H2,1H3,(H,22,27). The molecule has 1 unspecified atom stereocenters. The third-order valence-electron chi connectivity index (χ3n) is 5.38. The van der Waals surface area contributed by atoms with Gasteiger partial charge in [0.15, 0.2) is 10.9 Å². The first kappa shape index (κ1) is 18.6. The van der Waals surface area contributed by atoms with Crippen LogP contribution in [0.25, 0.3) is 0 Å². The van der Waals surface area contributed by atoms with Crippen molar-refractivity contribution in [2.75, 3.05) is 11.1 Å². The van der Waals surface area contributed by atoms with Gasteiger partial charge in [-0.3, -0.25) is 9.59 Å². The number of anilines is 1. The topological polar surface area (TPSA) is 76.9 Å². The van der Waals surface area contributed by atoms with Gasteiger partial charge in [-0.1, -0.05) is 17.8 Å². The molecule has 3 aromatic rings.